The predicted octanol–water partition coefficient (Wildman–Crippen LogP) is 9.48. The largest absolute Gasteiger partial charge is 0.312 e. The van der Waals surface area contributed by atoms with Gasteiger partial charge in [0.25, 0.3) is 13.4 Å². The number of benzene rings is 9. The van der Waals surface area contributed by atoms with E-state index in [9.17, 15) is 0 Å². The number of fused-ring (bicyclic) bond motifs is 13. The summed E-state index contributed by atoms with van der Waals surface area (Å²) in [6, 6.07) is 76.7. The molecule has 0 fully saturated rings. The first-order valence-electron chi connectivity index (χ1n) is 20.9. The molecular weight excluding hydrogens is 726 g/mol. The first-order chi connectivity index (χ1) is 29.8. The Labute approximate surface area is 349 Å². The van der Waals surface area contributed by atoms with E-state index in [1.807, 2.05) is 0 Å². The molecule has 0 N–H and O–H groups in total. The molecule has 0 saturated carbocycles. The van der Waals surface area contributed by atoms with Gasteiger partial charge in [0.05, 0.1) is 22.4 Å². The monoisotopic (exact) mass is 760 g/mol. The van der Waals surface area contributed by atoms with Crippen molar-refractivity contribution < 1.29 is 0 Å². The first kappa shape index (κ1) is 32.3. The van der Waals surface area contributed by atoms with Crippen LogP contribution in [0.1, 0.15) is 0 Å². The van der Waals surface area contributed by atoms with E-state index in [2.05, 4.69) is 226 Å². The summed E-state index contributed by atoms with van der Waals surface area (Å²) >= 11 is 0. The molecule has 0 amide bonds. The molecule has 5 heterocycles. The van der Waals surface area contributed by atoms with E-state index in [0.29, 0.717) is 0 Å². The molecule has 0 bridgehead atoms. The molecule has 0 saturated heterocycles. The van der Waals surface area contributed by atoms with Gasteiger partial charge in [0, 0.05) is 56.3 Å². The van der Waals surface area contributed by atoms with Gasteiger partial charge in [0.15, 0.2) is 0 Å². The van der Waals surface area contributed by atoms with Crippen LogP contribution < -0.4 is 47.5 Å². The van der Waals surface area contributed by atoms with E-state index < -0.39 is 0 Å². The zero-order valence-electron chi connectivity index (χ0n) is 32.6. The molecule has 10 aromatic rings. The fourth-order valence-corrected chi connectivity index (χ4v) is 11.3. The molecule has 4 aliphatic heterocycles. The molecule has 276 valence electrons. The van der Waals surface area contributed by atoms with E-state index in [-0.39, 0.29) is 13.4 Å². The minimum atomic E-state index is 0.0360. The second kappa shape index (κ2) is 11.9. The fraction of sp³-hybridized carbons (Fsp3) is 0. The van der Waals surface area contributed by atoms with Crippen LogP contribution in [0.15, 0.2) is 206 Å². The lowest BCUT2D eigenvalue weighted by Gasteiger charge is -2.51. The summed E-state index contributed by atoms with van der Waals surface area (Å²) in [5.74, 6) is 0. The van der Waals surface area contributed by atoms with Crippen LogP contribution in [0.3, 0.4) is 0 Å². The third-order valence-corrected chi connectivity index (χ3v) is 13.5. The van der Waals surface area contributed by atoms with Crippen LogP contribution >= 0.6 is 0 Å². The van der Waals surface area contributed by atoms with E-state index in [4.69, 9.17) is 0 Å². The van der Waals surface area contributed by atoms with E-state index in [0.717, 1.165) is 17.1 Å². The van der Waals surface area contributed by atoms with Gasteiger partial charge in [0.2, 0.25) is 0 Å². The van der Waals surface area contributed by atoms with Crippen LogP contribution in [0.25, 0.3) is 27.5 Å². The topological polar surface area (TPSA) is 14.7 Å². The molecule has 0 unspecified atom stereocenters. The van der Waals surface area contributed by atoms with Gasteiger partial charge in [-0.3, -0.25) is 0 Å². The van der Waals surface area contributed by atoms with E-state index in [1.54, 1.807) is 0 Å². The van der Waals surface area contributed by atoms with Gasteiger partial charge in [-0.15, -0.1) is 0 Å². The number of nitrogens with zero attached hydrogens (tertiary/aromatic N) is 4. The maximum atomic E-state index is 2.61. The molecule has 0 radical (unpaired) electrons. The fourth-order valence-electron chi connectivity index (χ4n) is 11.3. The van der Waals surface area contributed by atoms with Crippen LogP contribution in [0.4, 0.5) is 51.2 Å². The smallest absolute Gasteiger partial charge is 0.252 e. The summed E-state index contributed by atoms with van der Waals surface area (Å²) in [5.41, 5.74) is 22.5. The first-order valence-corrected chi connectivity index (χ1v) is 20.9. The average molecular weight is 761 g/mol. The normalized spacial score (nSPS) is 13.8. The van der Waals surface area contributed by atoms with Crippen molar-refractivity contribution in [3.8, 4) is 5.69 Å². The summed E-state index contributed by atoms with van der Waals surface area (Å²) in [5, 5.41) is 2.51. The Kier molecular flexibility index (Phi) is 6.42. The second-order valence-electron chi connectivity index (χ2n) is 16.4. The van der Waals surface area contributed by atoms with Gasteiger partial charge in [-0.1, -0.05) is 140 Å². The molecule has 4 nitrogen and oxygen atoms in total. The molecular formula is C54H34B2N4. The lowest BCUT2D eigenvalue weighted by molar-refractivity contribution is 1.15. The molecule has 6 heteroatoms. The highest BCUT2D eigenvalue weighted by Crippen LogP contribution is 2.50. The van der Waals surface area contributed by atoms with Gasteiger partial charge in [0.1, 0.15) is 0 Å². The van der Waals surface area contributed by atoms with Gasteiger partial charge in [-0.2, -0.15) is 0 Å². The van der Waals surface area contributed by atoms with Crippen molar-refractivity contribution in [2.45, 2.75) is 0 Å². The number of aromatic nitrogens is 1. The zero-order chi connectivity index (χ0) is 39.1. The molecule has 0 spiro atoms. The molecule has 0 atom stereocenters. The van der Waals surface area contributed by atoms with Crippen LogP contribution in [-0.4, -0.2) is 18.0 Å². The van der Waals surface area contributed by atoms with Crippen molar-refractivity contribution in [2.75, 3.05) is 14.7 Å². The SMILES string of the molecule is c1ccc(N2c3ccccc3B3c4ccccc4N4c5ccccc5B5c6ccccc6N(c6ccccc6-n6c7ccccc7c7ccccc76)c6cc2c3c4c65)cc1. The number of hydrogen-bond donors (Lipinski definition) is 0. The highest BCUT2D eigenvalue weighted by molar-refractivity contribution is 7.04. The Morgan fingerprint density at radius 3 is 1.20 bits per heavy atom. The summed E-state index contributed by atoms with van der Waals surface area (Å²) in [4.78, 5) is 7.72. The molecule has 0 aliphatic carbocycles. The maximum Gasteiger partial charge on any atom is 0.252 e. The molecule has 9 aromatic carbocycles. The Balaban J connectivity index is 1.15. The summed E-state index contributed by atoms with van der Waals surface area (Å²) < 4.78 is 2.48. The average Bonchev–Trinajstić information content (AvgIpc) is 3.65. The van der Waals surface area contributed by atoms with Crippen molar-refractivity contribution in [1.29, 1.82) is 0 Å². The molecule has 1 aromatic heterocycles. The van der Waals surface area contributed by atoms with Crippen LogP contribution in [0.5, 0.6) is 0 Å². The third kappa shape index (κ3) is 4.07. The summed E-state index contributed by atoms with van der Waals surface area (Å²) in [7, 11) is 0. The van der Waals surface area contributed by atoms with Gasteiger partial charge in [-0.05, 0) is 99.5 Å². The lowest BCUT2D eigenvalue weighted by atomic mass is 9.29. The van der Waals surface area contributed by atoms with Crippen molar-refractivity contribution in [1.82, 2.24) is 4.57 Å². The number of anilines is 9. The second-order valence-corrected chi connectivity index (χ2v) is 16.4. The van der Waals surface area contributed by atoms with Gasteiger partial charge >= 0.3 is 0 Å². The number of para-hydroxylation sites is 9. The van der Waals surface area contributed by atoms with Crippen LogP contribution in [0, 0.1) is 0 Å². The maximum absolute atomic E-state index is 2.61. The minimum Gasteiger partial charge on any atom is -0.312 e. The van der Waals surface area contributed by atoms with Crippen molar-refractivity contribution in [3.05, 3.63) is 206 Å². The number of rotatable bonds is 3. The zero-order valence-corrected chi connectivity index (χ0v) is 32.6. The van der Waals surface area contributed by atoms with E-state index >= 15 is 0 Å². The molecule has 4 aliphatic rings. The summed E-state index contributed by atoms with van der Waals surface area (Å²) in [6.07, 6.45) is 0. The van der Waals surface area contributed by atoms with E-state index in [1.165, 1.54) is 94.4 Å². The minimum absolute atomic E-state index is 0.0360. The lowest BCUT2D eigenvalue weighted by Crippen LogP contribution is -2.68. The predicted molar refractivity (Wildman–Crippen MR) is 254 cm³/mol. The standard InChI is InChI=1S/C54H34B2N4/c1-2-18-35(19-3-1)57-44-28-12-6-22-38(44)55-40-24-8-14-30-46(40)60-47-31-15-9-25-41(47)56-39-23-7-13-29-45(39)59(51-34-50(57)52(55)54(60)53(51)56)49-33-17-16-32-48(49)58-42-26-10-4-20-36(42)37-21-5-11-27-43(37)58/h1-34H. The highest BCUT2D eigenvalue weighted by atomic mass is 15.2. The Morgan fingerprint density at radius 2 is 0.667 bits per heavy atom. The van der Waals surface area contributed by atoms with Gasteiger partial charge < -0.3 is 19.3 Å². The van der Waals surface area contributed by atoms with Crippen molar-refractivity contribution >= 4 is 119 Å². The van der Waals surface area contributed by atoms with Crippen LogP contribution in [-0.2, 0) is 0 Å². The highest BCUT2D eigenvalue weighted by Gasteiger charge is 2.51. The van der Waals surface area contributed by atoms with Crippen LogP contribution in [0.2, 0.25) is 0 Å². The Hall–Kier alpha value is -7.69. The Morgan fingerprint density at radius 1 is 0.283 bits per heavy atom. The number of hydrogen-bond acceptors (Lipinski definition) is 3. The summed E-state index contributed by atoms with van der Waals surface area (Å²) in [6.45, 7) is 0.0965. The van der Waals surface area contributed by atoms with Gasteiger partial charge in [-0.25, -0.2) is 0 Å². The van der Waals surface area contributed by atoms with Crippen molar-refractivity contribution in [2.24, 2.45) is 0 Å². The molecule has 60 heavy (non-hydrogen) atoms. The Bertz CT molecular complexity index is 3370. The quantitative estimate of drug-likeness (QED) is 0.167. The third-order valence-electron chi connectivity index (χ3n) is 13.5. The molecule has 14 rings (SSSR count). The van der Waals surface area contributed by atoms with Crippen molar-refractivity contribution in [3.63, 3.8) is 0 Å².